The van der Waals surface area contributed by atoms with Gasteiger partial charge in [0.15, 0.2) is 5.76 Å². The van der Waals surface area contributed by atoms with Gasteiger partial charge in [-0.15, -0.1) is 0 Å². The Morgan fingerprint density at radius 3 is 2.91 bits per heavy atom. The Morgan fingerprint density at radius 2 is 2.45 bits per heavy atom. The van der Waals surface area contributed by atoms with Crippen LogP contribution in [0.5, 0.6) is 0 Å². The third-order valence-corrected chi connectivity index (χ3v) is 1.41. The van der Waals surface area contributed by atoms with Gasteiger partial charge in [0.05, 0.1) is 6.21 Å². The molecule has 0 radical (unpaired) electrons. The van der Waals surface area contributed by atoms with Crippen molar-refractivity contribution in [3.63, 3.8) is 0 Å². The number of hydrogen-bond donors (Lipinski definition) is 1. The van der Waals surface area contributed by atoms with Gasteiger partial charge in [-0.2, -0.15) is 0 Å². The zero-order valence-electron chi connectivity index (χ0n) is 6.59. The molecular formula is C8H10N2O. The van der Waals surface area contributed by atoms with Crippen molar-refractivity contribution in [1.29, 1.82) is 5.41 Å². The summed E-state index contributed by atoms with van der Waals surface area (Å²) in [6.45, 7) is 3.88. The molecule has 1 rings (SSSR count). The summed E-state index contributed by atoms with van der Waals surface area (Å²) in [5.41, 5.74) is 1.39. The van der Waals surface area contributed by atoms with E-state index in [0.29, 0.717) is 11.5 Å². The van der Waals surface area contributed by atoms with Crippen molar-refractivity contribution in [2.24, 2.45) is 5.16 Å². The fourth-order valence-electron chi connectivity index (χ4n) is 0.643. The highest BCUT2D eigenvalue weighted by Crippen LogP contribution is 2.09. The minimum atomic E-state index is 0.325. The van der Waals surface area contributed by atoms with E-state index in [4.69, 9.17) is 10.2 Å². The topological polar surface area (TPSA) is 45.4 Å². The quantitative estimate of drug-likeness (QED) is 0.609. The molecule has 3 heteroatoms. The van der Waals surface area contributed by atoms with Crippen LogP contribution in [0.3, 0.4) is 0 Å². The molecule has 0 spiro atoms. The van der Waals surface area contributed by atoms with Gasteiger partial charge in [-0.1, -0.05) is 16.8 Å². The lowest BCUT2D eigenvalue weighted by molar-refractivity contribution is 0.260. The van der Waals surface area contributed by atoms with E-state index >= 15 is 0 Å². The number of nitrogens with one attached hydrogen (secondary N) is 1. The van der Waals surface area contributed by atoms with E-state index in [9.17, 15) is 0 Å². The predicted octanol–water partition coefficient (Wildman–Crippen LogP) is 1.87. The van der Waals surface area contributed by atoms with Crippen LogP contribution in [0.1, 0.15) is 13.8 Å². The first-order valence-corrected chi connectivity index (χ1v) is 3.38. The Kier molecular flexibility index (Phi) is 2.21. The Morgan fingerprint density at radius 1 is 1.73 bits per heavy atom. The lowest BCUT2D eigenvalue weighted by Crippen LogP contribution is -1.95. The normalized spacial score (nSPS) is 21.1. The highest BCUT2D eigenvalue weighted by Gasteiger charge is 2.09. The molecule has 0 fully saturated rings. The van der Waals surface area contributed by atoms with Crippen LogP contribution in [-0.2, 0) is 4.84 Å². The molecule has 58 valence electrons. The molecule has 1 aliphatic heterocycles. The second-order valence-electron chi connectivity index (χ2n) is 2.28. The summed E-state index contributed by atoms with van der Waals surface area (Å²) in [4.78, 5) is 4.80. The zero-order chi connectivity index (χ0) is 8.27. The average Bonchev–Trinajstić information content (AvgIpc) is 2.37. The van der Waals surface area contributed by atoms with Crippen molar-refractivity contribution in [1.82, 2.24) is 0 Å². The number of nitrogens with zero attached hydrogens (tertiary/aromatic N) is 1. The monoisotopic (exact) mass is 150 g/mol. The maximum Gasteiger partial charge on any atom is 0.184 e. The van der Waals surface area contributed by atoms with E-state index in [-0.39, 0.29) is 0 Å². The molecule has 0 saturated carbocycles. The second-order valence-corrected chi connectivity index (χ2v) is 2.28. The van der Waals surface area contributed by atoms with Gasteiger partial charge in [-0.3, -0.25) is 5.41 Å². The van der Waals surface area contributed by atoms with Crippen molar-refractivity contribution in [2.75, 3.05) is 0 Å². The van der Waals surface area contributed by atoms with Crippen LogP contribution in [0.2, 0.25) is 0 Å². The average molecular weight is 150 g/mol. The molecule has 0 aromatic carbocycles. The summed E-state index contributed by atoms with van der Waals surface area (Å²) >= 11 is 0. The van der Waals surface area contributed by atoms with Gasteiger partial charge in [0, 0.05) is 0 Å². The molecule has 11 heavy (non-hydrogen) atoms. The first-order chi connectivity index (χ1) is 5.24. The molecule has 1 N–H and O–H groups in total. The minimum absolute atomic E-state index is 0.325. The largest absolute Gasteiger partial charge is 0.355 e. The fourth-order valence-corrected chi connectivity index (χ4v) is 0.643. The van der Waals surface area contributed by atoms with E-state index in [2.05, 4.69) is 5.16 Å². The summed E-state index contributed by atoms with van der Waals surface area (Å²) in [5, 5.41) is 10.8. The molecule has 0 aromatic heterocycles. The van der Waals surface area contributed by atoms with Gasteiger partial charge in [0.25, 0.3) is 0 Å². The maximum atomic E-state index is 7.30. The van der Waals surface area contributed by atoms with E-state index in [1.54, 1.807) is 6.08 Å². The van der Waals surface area contributed by atoms with Crippen molar-refractivity contribution < 1.29 is 4.84 Å². The highest BCUT2D eigenvalue weighted by atomic mass is 16.6. The van der Waals surface area contributed by atoms with Crippen LogP contribution in [0.4, 0.5) is 0 Å². The number of hydrogen-bond acceptors (Lipinski definition) is 3. The lowest BCUT2D eigenvalue weighted by Gasteiger charge is -1.94. The summed E-state index contributed by atoms with van der Waals surface area (Å²) in [7, 11) is 0. The van der Waals surface area contributed by atoms with Gasteiger partial charge < -0.3 is 4.84 Å². The molecule has 0 saturated heterocycles. The van der Waals surface area contributed by atoms with Gasteiger partial charge >= 0.3 is 0 Å². The molecule has 1 aliphatic rings. The number of oxime groups is 1. The first-order valence-electron chi connectivity index (χ1n) is 3.38. The molecular weight excluding hydrogens is 140 g/mol. The third-order valence-electron chi connectivity index (χ3n) is 1.41. The molecule has 0 bridgehead atoms. The van der Waals surface area contributed by atoms with Crippen LogP contribution in [0.15, 0.2) is 28.6 Å². The van der Waals surface area contributed by atoms with E-state index < -0.39 is 0 Å². The molecule has 0 unspecified atom stereocenters. The zero-order valence-corrected chi connectivity index (χ0v) is 6.59. The third kappa shape index (κ3) is 1.77. The Labute approximate surface area is 65.6 Å². The Balaban J connectivity index is 2.77. The molecule has 0 amide bonds. The summed E-state index contributed by atoms with van der Waals surface area (Å²) in [6, 6.07) is 0. The number of rotatable bonds is 1. The van der Waals surface area contributed by atoms with Crippen molar-refractivity contribution >= 4 is 11.9 Å². The molecule has 1 heterocycles. The van der Waals surface area contributed by atoms with Gasteiger partial charge in [-0.05, 0) is 19.9 Å². The standard InChI is InChI=1S/C8H10N2O/c1-3-6(2)4-8-7(9)5-10-11-8/h3-5,9H,1-2H3/b6-3-,8-4+,9-7?. The van der Waals surface area contributed by atoms with Gasteiger partial charge in [0.1, 0.15) is 5.71 Å². The van der Waals surface area contributed by atoms with E-state index in [0.717, 1.165) is 5.57 Å². The summed E-state index contributed by atoms with van der Waals surface area (Å²) in [5.74, 6) is 0.514. The van der Waals surface area contributed by atoms with E-state index in [1.807, 2.05) is 19.9 Å². The van der Waals surface area contributed by atoms with Crippen molar-refractivity contribution in [2.45, 2.75) is 13.8 Å². The van der Waals surface area contributed by atoms with Crippen LogP contribution >= 0.6 is 0 Å². The molecule has 0 atom stereocenters. The van der Waals surface area contributed by atoms with Crippen molar-refractivity contribution in [3.8, 4) is 0 Å². The smallest absolute Gasteiger partial charge is 0.184 e. The highest BCUT2D eigenvalue weighted by molar-refractivity contribution is 6.37. The fraction of sp³-hybridized carbons (Fsp3) is 0.250. The molecule has 3 nitrogen and oxygen atoms in total. The van der Waals surface area contributed by atoms with Gasteiger partial charge in [-0.25, -0.2) is 0 Å². The first kappa shape index (κ1) is 7.72. The van der Waals surface area contributed by atoms with Gasteiger partial charge in [0.2, 0.25) is 0 Å². The summed E-state index contributed by atoms with van der Waals surface area (Å²) < 4.78 is 0. The Bertz CT molecular complexity index is 261. The second kappa shape index (κ2) is 3.14. The Hall–Kier alpha value is -1.38. The molecule has 0 aliphatic carbocycles. The van der Waals surface area contributed by atoms with E-state index in [1.165, 1.54) is 6.21 Å². The van der Waals surface area contributed by atoms with Crippen molar-refractivity contribution in [3.05, 3.63) is 23.5 Å². The van der Waals surface area contributed by atoms with Crippen LogP contribution in [0.25, 0.3) is 0 Å². The maximum absolute atomic E-state index is 7.30. The van der Waals surface area contributed by atoms with Crippen LogP contribution in [0, 0.1) is 5.41 Å². The SMILES string of the molecule is C/C=C(C)\C=C1\ON=CC1=N. The number of allylic oxidation sites excluding steroid dienone is 4. The predicted molar refractivity (Wildman–Crippen MR) is 44.8 cm³/mol. The minimum Gasteiger partial charge on any atom is -0.355 e. The van der Waals surface area contributed by atoms with Crippen LogP contribution < -0.4 is 0 Å². The van der Waals surface area contributed by atoms with Crippen LogP contribution in [-0.4, -0.2) is 11.9 Å². The summed E-state index contributed by atoms with van der Waals surface area (Å²) in [6.07, 6.45) is 5.12. The lowest BCUT2D eigenvalue weighted by atomic mass is 10.2. The molecule has 0 aromatic rings.